The number of amides is 1. The first kappa shape index (κ1) is 28.9. The van der Waals surface area contributed by atoms with Crippen LogP contribution in [0.3, 0.4) is 0 Å². The van der Waals surface area contributed by atoms with Gasteiger partial charge in [0, 0.05) is 30.3 Å². The maximum Gasteiger partial charge on any atom is 0.417 e. The number of hydrogen-bond acceptors (Lipinski definition) is 9. The number of pyridine rings is 1. The molecule has 44 heavy (non-hydrogen) atoms. The molecule has 2 fully saturated rings. The van der Waals surface area contributed by atoms with Crippen LogP contribution in [-0.2, 0) is 23.2 Å². The van der Waals surface area contributed by atoms with Crippen LogP contribution in [-0.4, -0.2) is 61.1 Å². The molecule has 4 aliphatic rings. The number of Topliss-reactive ketones (excluding diaryl/α,β-unsaturated/α-hetero) is 1. The van der Waals surface area contributed by atoms with Crippen molar-refractivity contribution < 1.29 is 27.9 Å². The number of carbonyl (C=O) groups is 2. The van der Waals surface area contributed by atoms with Gasteiger partial charge >= 0.3 is 6.18 Å². The van der Waals surface area contributed by atoms with E-state index in [1.807, 2.05) is 0 Å². The molecular formula is C30H29F3N6O4S. The number of nitriles is 1. The molecular weight excluding hydrogens is 597 g/mol. The number of fused-ring (bicyclic) bond motifs is 5. The fourth-order valence-electron chi connectivity index (χ4n) is 7.45. The number of alkyl halides is 3. The van der Waals surface area contributed by atoms with Gasteiger partial charge in [0.15, 0.2) is 11.4 Å². The molecule has 5 heterocycles. The van der Waals surface area contributed by atoms with E-state index < -0.39 is 35.7 Å². The number of anilines is 2. The quantitative estimate of drug-likeness (QED) is 0.442. The molecule has 1 amide bonds. The Labute approximate surface area is 253 Å². The first-order valence-corrected chi connectivity index (χ1v) is 15.5. The van der Waals surface area contributed by atoms with Crippen molar-refractivity contribution in [2.45, 2.75) is 75.6 Å². The smallest absolute Gasteiger partial charge is 0.380 e. The summed E-state index contributed by atoms with van der Waals surface area (Å²) in [5.41, 5.74) is -2.64. The van der Waals surface area contributed by atoms with Gasteiger partial charge in [-0.25, -0.2) is 9.97 Å². The SMILES string of the molecule is Cc1cc(Nc2ncnc3sc4c(c23)CC[C@H](C(=O)N2CC(C#N)C2)C4)c(=O)n2c1C(=O)CC21CCC(O)(C(F)(F)F)CC1. The largest absolute Gasteiger partial charge is 0.417 e. The molecule has 0 radical (unpaired) electrons. The van der Waals surface area contributed by atoms with Crippen LogP contribution in [0.25, 0.3) is 10.2 Å². The molecule has 3 aromatic rings. The normalized spacial score (nSPS) is 26.8. The number of nitrogens with zero attached hydrogens (tertiary/aromatic N) is 5. The lowest BCUT2D eigenvalue weighted by atomic mass is 9.72. The standard InChI is InChI=1S/C30H29F3N6O4S/c1-15-8-19(27(42)39-23(15)20(40)10-28(39)4-6-29(43,7-5-28)30(31,32)33)37-24-22-18-3-2-17(26(41)38-12-16(11-34)13-38)9-21(18)44-25(22)36-14-35-24/h8,14,16-17,43H,2-7,9-10,12-13H2,1H3,(H,35,36,37)/t17-,28?,29?/m0/s1. The zero-order valence-corrected chi connectivity index (χ0v) is 24.6. The monoisotopic (exact) mass is 626 g/mol. The zero-order chi connectivity index (χ0) is 31.2. The summed E-state index contributed by atoms with van der Waals surface area (Å²) in [6.07, 6.45) is -3.21. The molecule has 0 bridgehead atoms. The summed E-state index contributed by atoms with van der Waals surface area (Å²) in [4.78, 5) is 52.4. The lowest BCUT2D eigenvalue weighted by molar-refractivity contribution is -0.274. The van der Waals surface area contributed by atoms with E-state index in [1.165, 1.54) is 22.2 Å². The van der Waals surface area contributed by atoms with E-state index in [1.54, 1.807) is 17.9 Å². The molecule has 2 N–H and O–H groups in total. The van der Waals surface area contributed by atoms with E-state index in [2.05, 4.69) is 21.4 Å². The van der Waals surface area contributed by atoms with Crippen LogP contribution in [0.4, 0.5) is 24.7 Å². The van der Waals surface area contributed by atoms with Crippen LogP contribution in [0, 0.1) is 30.1 Å². The number of aliphatic hydroxyl groups is 1. The minimum atomic E-state index is -4.80. The molecule has 0 unspecified atom stereocenters. The highest BCUT2D eigenvalue weighted by Crippen LogP contribution is 2.51. The molecule has 1 saturated heterocycles. The molecule has 1 atom stereocenters. The van der Waals surface area contributed by atoms with Crippen molar-refractivity contribution in [3.63, 3.8) is 0 Å². The van der Waals surface area contributed by atoms with Gasteiger partial charge in [-0.3, -0.25) is 19.0 Å². The van der Waals surface area contributed by atoms with Crippen molar-refractivity contribution in [1.29, 1.82) is 5.26 Å². The van der Waals surface area contributed by atoms with Gasteiger partial charge in [-0.05, 0) is 69.1 Å². The molecule has 0 aromatic carbocycles. The Morgan fingerprint density at radius 3 is 2.61 bits per heavy atom. The van der Waals surface area contributed by atoms with E-state index in [9.17, 15) is 32.7 Å². The summed E-state index contributed by atoms with van der Waals surface area (Å²) >= 11 is 1.48. The fraction of sp³-hybridized carbons (Fsp3) is 0.533. The Balaban J connectivity index is 1.20. The van der Waals surface area contributed by atoms with E-state index in [-0.39, 0.29) is 54.2 Å². The predicted molar refractivity (Wildman–Crippen MR) is 154 cm³/mol. The van der Waals surface area contributed by atoms with Gasteiger partial charge in [0.2, 0.25) is 5.91 Å². The highest BCUT2D eigenvalue weighted by atomic mass is 32.1. The lowest BCUT2D eigenvalue weighted by Gasteiger charge is -2.43. The Morgan fingerprint density at radius 1 is 1.20 bits per heavy atom. The van der Waals surface area contributed by atoms with E-state index in [0.29, 0.717) is 48.6 Å². The van der Waals surface area contributed by atoms with Crippen LogP contribution in [0.5, 0.6) is 0 Å². The molecule has 1 saturated carbocycles. The zero-order valence-electron chi connectivity index (χ0n) is 23.8. The van der Waals surface area contributed by atoms with Gasteiger partial charge in [-0.2, -0.15) is 18.4 Å². The van der Waals surface area contributed by atoms with Gasteiger partial charge in [0.05, 0.1) is 28.6 Å². The fourth-order valence-corrected chi connectivity index (χ4v) is 8.71. The van der Waals surface area contributed by atoms with E-state index in [4.69, 9.17) is 5.26 Å². The number of carbonyl (C=O) groups excluding carboxylic acids is 2. The minimum absolute atomic E-state index is 0.0607. The number of thiophene rings is 1. The Kier molecular flexibility index (Phi) is 6.46. The second kappa shape index (κ2) is 9.84. The third-order valence-electron chi connectivity index (χ3n) is 9.98. The van der Waals surface area contributed by atoms with Crippen LogP contribution in [0.15, 0.2) is 17.2 Å². The van der Waals surface area contributed by atoms with E-state index >= 15 is 0 Å². The van der Waals surface area contributed by atoms with Crippen LogP contribution < -0.4 is 10.9 Å². The van der Waals surface area contributed by atoms with Crippen LogP contribution >= 0.6 is 11.3 Å². The van der Waals surface area contributed by atoms with Crippen molar-refractivity contribution in [1.82, 2.24) is 19.4 Å². The average molecular weight is 627 g/mol. The number of nitrogens with one attached hydrogen (secondary N) is 1. The molecule has 230 valence electrons. The summed E-state index contributed by atoms with van der Waals surface area (Å²) in [7, 11) is 0. The number of likely N-dealkylation sites (tertiary alicyclic amines) is 1. The molecule has 14 heteroatoms. The minimum Gasteiger partial charge on any atom is -0.380 e. The first-order chi connectivity index (χ1) is 20.8. The summed E-state index contributed by atoms with van der Waals surface area (Å²) < 4.78 is 42.0. The number of hydrogen-bond donors (Lipinski definition) is 2. The van der Waals surface area contributed by atoms with Gasteiger partial charge < -0.3 is 15.3 Å². The number of halogens is 3. The average Bonchev–Trinajstić information content (AvgIpc) is 3.47. The third kappa shape index (κ3) is 4.27. The molecule has 2 aliphatic carbocycles. The van der Waals surface area contributed by atoms with Crippen molar-refractivity contribution in [3.05, 3.63) is 44.4 Å². The second-order valence-electron chi connectivity index (χ2n) is 12.6. The number of aromatic nitrogens is 3. The second-order valence-corrected chi connectivity index (χ2v) is 13.7. The molecule has 10 nitrogen and oxygen atoms in total. The lowest BCUT2D eigenvalue weighted by Crippen LogP contribution is -2.53. The third-order valence-corrected chi connectivity index (χ3v) is 11.1. The number of ketones is 1. The van der Waals surface area contributed by atoms with Crippen molar-refractivity contribution >= 4 is 44.7 Å². The van der Waals surface area contributed by atoms with Gasteiger partial charge in [0.25, 0.3) is 5.56 Å². The van der Waals surface area contributed by atoms with Gasteiger partial charge in [-0.1, -0.05) is 0 Å². The van der Waals surface area contributed by atoms with Crippen LogP contribution in [0.1, 0.15) is 65.0 Å². The van der Waals surface area contributed by atoms with Gasteiger partial charge in [-0.15, -0.1) is 11.3 Å². The summed E-state index contributed by atoms with van der Waals surface area (Å²) in [5, 5.41) is 23.2. The van der Waals surface area contributed by atoms with Gasteiger partial charge in [0.1, 0.15) is 22.7 Å². The highest BCUT2D eigenvalue weighted by Gasteiger charge is 2.59. The van der Waals surface area contributed by atoms with Crippen molar-refractivity contribution in [2.24, 2.45) is 11.8 Å². The maximum atomic E-state index is 14.0. The number of aryl methyl sites for hydroxylation is 2. The highest BCUT2D eigenvalue weighted by molar-refractivity contribution is 7.19. The van der Waals surface area contributed by atoms with Crippen molar-refractivity contribution in [3.8, 4) is 6.07 Å². The van der Waals surface area contributed by atoms with E-state index in [0.717, 1.165) is 15.8 Å². The predicted octanol–water partition coefficient (Wildman–Crippen LogP) is 4.14. The first-order valence-electron chi connectivity index (χ1n) is 14.6. The maximum absolute atomic E-state index is 14.0. The summed E-state index contributed by atoms with van der Waals surface area (Å²) in [5.74, 6) is -0.117. The number of rotatable bonds is 3. The molecule has 1 spiro atoms. The van der Waals surface area contributed by atoms with Crippen molar-refractivity contribution in [2.75, 3.05) is 18.4 Å². The molecule has 3 aromatic heterocycles. The molecule has 7 rings (SSSR count). The summed E-state index contributed by atoms with van der Waals surface area (Å²) in [6, 6.07) is 3.76. The Hall–Kier alpha value is -3.83. The topological polar surface area (TPSA) is 141 Å². The molecule has 2 aliphatic heterocycles. The van der Waals surface area contributed by atoms with Crippen LogP contribution in [0.2, 0.25) is 0 Å². The Bertz CT molecular complexity index is 1830. The summed E-state index contributed by atoms with van der Waals surface area (Å²) in [6.45, 7) is 2.63. The Morgan fingerprint density at radius 2 is 1.93 bits per heavy atom.